The van der Waals surface area contributed by atoms with Gasteiger partial charge in [-0.2, -0.15) is 5.10 Å². The van der Waals surface area contributed by atoms with Crippen molar-refractivity contribution in [2.45, 2.75) is 31.0 Å². The van der Waals surface area contributed by atoms with Gasteiger partial charge in [0.05, 0.1) is 24.0 Å². The third-order valence-electron chi connectivity index (χ3n) is 6.23. The Morgan fingerprint density at radius 3 is 2.73 bits per heavy atom. The lowest BCUT2D eigenvalue weighted by Gasteiger charge is -2.17. The molecule has 2 aliphatic rings. The van der Waals surface area contributed by atoms with Crippen LogP contribution >= 0.6 is 11.8 Å². The fourth-order valence-electron chi connectivity index (χ4n) is 4.52. The Kier molecular flexibility index (Phi) is 6.17. The maximum atomic E-state index is 12.7. The molecule has 1 unspecified atom stereocenters. The molecule has 9 nitrogen and oxygen atoms in total. The smallest absolute Gasteiger partial charge is 0.227 e. The second-order valence-electron chi connectivity index (χ2n) is 8.37. The van der Waals surface area contributed by atoms with Crippen LogP contribution in [0.5, 0.6) is 0 Å². The summed E-state index contributed by atoms with van der Waals surface area (Å²) in [5, 5.41) is 9.17. The third kappa shape index (κ3) is 4.39. The number of fused-ring (bicyclic) bond motifs is 1. The van der Waals surface area contributed by atoms with Crippen LogP contribution in [-0.4, -0.2) is 64.0 Å². The molecule has 3 aromatic rings. The van der Waals surface area contributed by atoms with Gasteiger partial charge in [-0.25, -0.2) is 14.6 Å². The number of amides is 2. The summed E-state index contributed by atoms with van der Waals surface area (Å²) >= 11 is 1.52. The lowest BCUT2D eigenvalue weighted by Crippen LogP contribution is -2.35. The molecule has 0 bridgehead atoms. The number of carbonyl (C=O) groups is 2. The average Bonchev–Trinajstić information content (AvgIpc) is 3.59. The number of anilines is 2. The molecule has 33 heavy (non-hydrogen) atoms. The van der Waals surface area contributed by atoms with Crippen LogP contribution in [0.1, 0.15) is 19.3 Å². The van der Waals surface area contributed by atoms with E-state index in [2.05, 4.69) is 20.3 Å². The first-order valence-electron chi connectivity index (χ1n) is 11.3. The fourth-order valence-corrected chi connectivity index (χ4v) is 4.87. The van der Waals surface area contributed by atoms with E-state index in [-0.39, 0.29) is 24.2 Å². The number of nitrogens with zero attached hydrogens (tertiary/aromatic N) is 6. The molecule has 2 saturated heterocycles. The quantitative estimate of drug-likeness (QED) is 0.423. The summed E-state index contributed by atoms with van der Waals surface area (Å²) in [5.41, 5.74) is 1.62. The third-order valence-corrected chi connectivity index (χ3v) is 6.78. The van der Waals surface area contributed by atoms with Gasteiger partial charge in [0.2, 0.25) is 11.8 Å². The zero-order chi connectivity index (χ0) is 22.8. The van der Waals surface area contributed by atoms with Crippen molar-refractivity contribution in [3.8, 4) is 0 Å². The van der Waals surface area contributed by atoms with Crippen molar-refractivity contribution in [3.05, 3.63) is 36.5 Å². The minimum Gasteiger partial charge on any atom is -0.356 e. The van der Waals surface area contributed by atoms with Gasteiger partial charge in [0.15, 0.2) is 10.8 Å². The van der Waals surface area contributed by atoms with E-state index in [1.165, 1.54) is 24.6 Å². The van der Waals surface area contributed by atoms with E-state index < -0.39 is 0 Å². The van der Waals surface area contributed by atoms with Gasteiger partial charge >= 0.3 is 0 Å². The highest BCUT2D eigenvalue weighted by molar-refractivity contribution is 7.98. The zero-order valence-corrected chi connectivity index (χ0v) is 19.4. The van der Waals surface area contributed by atoms with Gasteiger partial charge in [0, 0.05) is 38.3 Å². The predicted molar refractivity (Wildman–Crippen MR) is 128 cm³/mol. The molecule has 0 radical (unpaired) electrons. The Bertz CT molecular complexity index is 1160. The van der Waals surface area contributed by atoms with Crippen LogP contribution in [0.3, 0.4) is 0 Å². The number of aromatic nitrogens is 4. The van der Waals surface area contributed by atoms with Gasteiger partial charge in [-0.15, -0.1) is 0 Å². The molecule has 4 heterocycles. The summed E-state index contributed by atoms with van der Waals surface area (Å²) in [6, 6.07) is 9.48. The SMILES string of the molecule is CSc1nc(N2CCCC2)c2cnn(CCNC(=O)C3CC(=O)N(c4ccccc4)C3)c2n1. The molecule has 172 valence electrons. The Balaban J connectivity index is 1.24. The second-order valence-corrected chi connectivity index (χ2v) is 9.14. The average molecular weight is 466 g/mol. The normalized spacial score (nSPS) is 18.5. The number of nitrogens with one attached hydrogen (secondary N) is 1. The minimum atomic E-state index is -0.348. The summed E-state index contributed by atoms with van der Waals surface area (Å²) in [4.78, 5) is 38.5. The molecule has 0 saturated carbocycles. The highest BCUT2D eigenvalue weighted by Crippen LogP contribution is 2.29. The number of rotatable bonds is 7. The topological polar surface area (TPSA) is 96.2 Å². The van der Waals surface area contributed by atoms with Gasteiger partial charge in [0.25, 0.3) is 0 Å². The van der Waals surface area contributed by atoms with Crippen molar-refractivity contribution in [1.29, 1.82) is 0 Å². The molecule has 2 amide bonds. The van der Waals surface area contributed by atoms with Crippen LogP contribution in [0.2, 0.25) is 0 Å². The molecule has 5 rings (SSSR count). The molecule has 1 N–H and O–H groups in total. The monoisotopic (exact) mass is 465 g/mol. The lowest BCUT2D eigenvalue weighted by atomic mass is 10.1. The molecule has 1 atom stereocenters. The standard InChI is InChI=1S/C23H27N7O2S/c1-33-23-26-20(28-10-5-6-11-28)18-14-25-30(21(18)27-23)12-9-24-22(32)16-13-19(31)29(15-16)17-7-3-2-4-8-17/h2-4,7-8,14,16H,5-6,9-13,15H2,1H3,(H,24,32). The van der Waals surface area contributed by atoms with Crippen LogP contribution in [0.25, 0.3) is 11.0 Å². The highest BCUT2D eigenvalue weighted by atomic mass is 32.2. The minimum absolute atomic E-state index is 0.0184. The van der Waals surface area contributed by atoms with Gasteiger partial charge in [-0.05, 0) is 31.2 Å². The van der Waals surface area contributed by atoms with Crippen molar-refractivity contribution in [3.63, 3.8) is 0 Å². The van der Waals surface area contributed by atoms with Gasteiger partial charge in [-0.3, -0.25) is 9.59 Å². The number of hydrogen-bond donors (Lipinski definition) is 1. The van der Waals surface area contributed by atoms with Crippen LogP contribution in [0.15, 0.2) is 41.7 Å². The molecule has 2 aliphatic heterocycles. The largest absolute Gasteiger partial charge is 0.356 e. The lowest BCUT2D eigenvalue weighted by molar-refractivity contribution is -0.126. The van der Waals surface area contributed by atoms with E-state index in [1.807, 2.05) is 47.5 Å². The van der Waals surface area contributed by atoms with Crippen molar-refractivity contribution < 1.29 is 9.59 Å². The molecule has 2 fully saturated rings. The van der Waals surface area contributed by atoms with Crippen molar-refractivity contribution >= 4 is 46.1 Å². The number of thioether (sulfide) groups is 1. The summed E-state index contributed by atoms with van der Waals surface area (Å²) < 4.78 is 1.83. The van der Waals surface area contributed by atoms with Crippen molar-refractivity contribution in [1.82, 2.24) is 25.1 Å². The van der Waals surface area contributed by atoms with Crippen LogP contribution < -0.4 is 15.1 Å². The Morgan fingerprint density at radius 1 is 1.18 bits per heavy atom. The Morgan fingerprint density at radius 2 is 1.97 bits per heavy atom. The first-order valence-corrected chi connectivity index (χ1v) is 12.5. The van der Waals surface area contributed by atoms with Crippen LogP contribution in [0, 0.1) is 5.92 Å². The van der Waals surface area contributed by atoms with E-state index >= 15 is 0 Å². The molecule has 10 heteroatoms. The van der Waals surface area contributed by atoms with E-state index in [4.69, 9.17) is 4.98 Å². The van der Waals surface area contributed by atoms with Gasteiger partial charge < -0.3 is 15.1 Å². The summed E-state index contributed by atoms with van der Waals surface area (Å²) in [5.74, 6) is 0.479. The Labute approximate surface area is 196 Å². The van der Waals surface area contributed by atoms with Crippen molar-refractivity contribution in [2.75, 3.05) is 42.2 Å². The van der Waals surface area contributed by atoms with Crippen LogP contribution in [-0.2, 0) is 16.1 Å². The van der Waals surface area contributed by atoms with Crippen LogP contribution in [0.4, 0.5) is 11.5 Å². The first-order chi connectivity index (χ1) is 16.1. The van der Waals surface area contributed by atoms with E-state index in [9.17, 15) is 9.59 Å². The molecular weight excluding hydrogens is 438 g/mol. The van der Waals surface area contributed by atoms with Crippen molar-refractivity contribution in [2.24, 2.45) is 5.92 Å². The number of benzene rings is 1. The summed E-state index contributed by atoms with van der Waals surface area (Å²) in [6.07, 6.45) is 6.37. The van der Waals surface area contributed by atoms with E-state index in [1.54, 1.807) is 4.90 Å². The number of carbonyl (C=O) groups excluding carboxylic acids is 2. The Hall–Kier alpha value is -3.14. The maximum absolute atomic E-state index is 12.7. The second kappa shape index (κ2) is 9.38. The molecule has 0 spiro atoms. The van der Waals surface area contributed by atoms with Gasteiger partial charge in [-0.1, -0.05) is 30.0 Å². The first kappa shape index (κ1) is 21.7. The van der Waals surface area contributed by atoms with Gasteiger partial charge in [0.1, 0.15) is 5.82 Å². The van der Waals surface area contributed by atoms with E-state index in [0.717, 1.165) is 40.8 Å². The fraction of sp³-hybridized carbons (Fsp3) is 0.435. The number of para-hydroxylation sites is 1. The molecular formula is C23H27N7O2S. The molecule has 1 aromatic carbocycles. The summed E-state index contributed by atoms with van der Waals surface area (Å²) in [6.45, 7) is 3.33. The summed E-state index contributed by atoms with van der Waals surface area (Å²) in [7, 11) is 0. The molecule has 2 aromatic heterocycles. The highest BCUT2D eigenvalue weighted by Gasteiger charge is 2.34. The zero-order valence-electron chi connectivity index (χ0n) is 18.6. The predicted octanol–water partition coefficient (Wildman–Crippen LogP) is 2.32. The number of hydrogen-bond acceptors (Lipinski definition) is 7. The maximum Gasteiger partial charge on any atom is 0.227 e. The van der Waals surface area contributed by atoms with E-state index in [0.29, 0.717) is 19.6 Å². The molecule has 0 aliphatic carbocycles.